The summed E-state index contributed by atoms with van der Waals surface area (Å²) in [5.74, 6) is 0.613. The van der Waals surface area contributed by atoms with Crippen LogP contribution in [-0.2, 0) is 9.53 Å². The molecular weight excluding hydrogens is 402 g/mol. The maximum absolute atomic E-state index is 12.2. The third kappa shape index (κ3) is 5.01. The zero-order valence-corrected chi connectivity index (χ0v) is 19.0. The van der Waals surface area contributed by atoms with Crippen LogP contribution < -0.4 is 0 Å². The van der Waals surface area contributed by atoms with Gasteiger partial charge in [-0.1, -0.05) is 49.6 Å². The molecule has 0 aromatic rings. The number of methoxy groups -OCH3 is 1. The lowest BCUT2D eigenvalue weighted by Crippen LogP contribution is -2.61. The molecule has 0 amide bonds. The highest BCUT2D eigenvalue weighted by Gasteiger charge is 2.52. The van der Waals surface area contributed by atoms with E-state index in [1.165, 1.54) is 45.6 Å². The van der Waals surface area contributed by atoms with Crippen molar-refractivity contribution in [1.82, 2.24) is 4.90 Å². The molecule has 0 bridgehead atoms. The molecule has 2 aliphatic heterocycles. The number of aliphatic hydroxyl groups is 2. The van der Waals surface area contributed by atoms with E-state index >= 15 is 0 Å². The summed E-state index contributed by atoms with van der Waals surface area (Å²) in [6, 6.07) is 0.509. The number of carbonyl (C=O) groups is 1. The van der Waals surface area contributed by atoms with E-state index in [9.17, 15) is 9.90 Å². The molecule has 1 spiro atoms. The van der Waals surface area contributed by atoms with Crippen molar-refractivity contribution in [1.29, 1.82) is 0 Å². The van der Waals surface area contributed by atoms with Gasteiger partial charge in [0.25, 0.3) is 0 Å². The molecular formula is C24H36ClNO4. The molecule has 1 aliphatic carbocycles. The molecule has 0 unspecified atom stereocenters. The molecule has 5 nitrogen and oxygen atoms in total. The molecule has 6 heteroatoms. The van der Waals surface area contributed by atoms with E-state index in [1.807, 2.05) is 6.08 Å². The van der Waals surface area contributed by atoms with Crippen LogP contribution in [0.3, 0.4) is 0 Å². The van der Waals surface area contributed by atoms with Gasteiger partial charge >= 0.3 is 5.97 Å². The van der Waals surface area contributed by atoms with Crippen molar-refractivity contribution in [2.75, 3.05) is 20.3 Å². The molecule has 2 heterocycles. The average molecular weight is 438 g/mol. The fourth-order valence-electron chi connectivity index (χ4n) is 6.00. The smallest absolute Gasteiger partial charge is 0.334 e. The van der Waals surface area contributed by atoms with E-state index < -0.39 is 6.10 Å². The summed E-state index contributed by atoms with van der Waals surface area (Å²) in [5.41, 5.74) is 0.915. The number of aliphatic hydroxyl groups excluding tert-OH is 2. The van der Waals surface area contributed by atoms with Crippen LogP contribution in [0, 0.1) is 11.8 Å². The van der Waals surface area contributed by atoms with Crippen molar-refractivity contribution in [3.63, 3.8) is 0 Å². The van der Waals surface area contributed by atoms with Crippen molar-refractivity contribution >= 4 is 17.6 Å². The highest BCUT2D eigenvalue weighted by molar-refractivity contribution is 6.29. The maximum Gasteiger partial charge on any atom is 0.334 e. The second-order valence-corrected chi connectivity index (χ2v) is 9.54. The second kappa shape index (κ2) is 10.4. The van der Waals surface area contributed by atoms with Crippen LogP contribution in [-0.4, -0.2) is 59.0 Å². The third-order valence-corrected chi connectivity index (χ3v) is 7.66. The minimum absolute atomic E-state index is 0.0220. The molecule has 1 saturated carbocycles. The number of allylic oxidation sites excluding steroid dienone is 1. The first kappa shape index (κ1) is 23.5. The Hall–Kier alpha value is -1.14. The Bertz CT molecular complexity index is 703. The van der Waals surface area contributed by atoms with Gasteiger partial charge < -0.3 is 14.9 Å². The summed E-state index contributed by atoms with van der Waals surface area (Å²) in [6.45, 7) is 2.91. The van der Waals surface area contributed by atoms with Crippen LogP contribution in [0.15, 0.2) is 34.9 Å². The molecule has 30 heavy (non-hydrogen) atoms. The molecule has 2 fully saturated rings. The first-order chi connectivity index (χ1) is 14.4. The van der Waals surface area contributed by atoms with Crippen molar-refractivity contribution < 1.29 is 19.7 Å². The predicted octanol–water partition coefficient (Wildman–Crippen LogP) is 3.94. The third-order valence-electron chi connectivity index (χ3n) is 7.35. The molecule has 0 radical (unpaired) electrons. The molecule has 1 saturated heterocycles. The van der Waals surface area contributed by atoms with Gasteiger partial charge in [-0.15, -0.1) is 0 Å². The van der Waals surface area contributed by atoms with E-state index in [0.29, 0.717) is 35.9 Å². The van der Waals surface area contributed by atoms with Crippen molar-refractivity contribution in [3.8, 4) is 0 Å². The average Bonchev–Trinajstić information content (AvgIpc) is 3.15. The maximum atomic E-state index is 12.2. The topological polar surface area (TPSA) is 70.0 Å². The second-order valence-electron chi connectivity index (χ2n) is 9.05. The van der Waals surface area contributed by atoms with Gasteiger partial charge in [-0.2, -0.15) is 0 Å². The van der Waals surface area contributed by atoms with Crippen molar-refractivity contribution in [3.05, 3.63) is 34.9 Å². The molecule has 0 aromatic heterocycles. The van der Waals surface area contributed by atoms with Crippen molar-refractivity contribution in [2.24, 2.45) is 11.8 Å². The fourth-order valence-corrected chi connectivity index (χ4v) is 6.21. The molecule has 0 aromatic carbocycles. The first-order valence-corrected chi connectivity index (χ1v) is 11.7. The zero-order chi connectivity index (χ0) is 21.7. The molecule has 3 aliphatic rings. The quantitative estimate of drug-likeness (QED) is 0.466. The number of nitrogens with zero attached hydrogens (tertiary/aromatic N) is 1. The van der Waals surface area contributed by atoms with E-state index in [-0.39, 0.29) is 18.1 Å². The van der Waals surface area contributed by atoms with Gasteiger partial charge in [0, 0.05) is 41.8 Å². The standard InChI is InChI=1S/C24H36ClNO4/c1-17(7-10-21(28)15-19(25)11-14-27)22-6-4-13-24(22)12-3-5-20-9-8-18(16-26(20)24)23(29)30-2/h7-8,10,15,17,20-22,27-28H,3-6,9,11-14,16H2,1-2H3/b10-7+,19-15-/t17-,20+,21+,22-,24+/m0/s1. The summed E-state index contributed by atoms with van der Waals surface area (Å²) in [6.07, 6.45) is 15.3. The Balaban J connectivity index is 1.76. The Morgan fingerprint density at radius 2 is 2.10 bits per heavy atom. The number of ether oxygens (including phenoxy) is 1. The lowest BCUT2D eigenvalue weighted by molar-refractivity contribution is -0.137. The van der Waals surface area contributed by atoms with Crippen LogP contribution in [0.5, 0.6) is 0 Å². The SMILES string of the molecule is COC(=O)C1=CC[C@H]2CCC[C@]3(CCC[C@H]3[C@@H](C)/C=C/[C@@H](O)/C=C(\Cl)CCO)N2C1. The summed E-state index contributed by atoms with van der Waals surface area (Å²) in [5, 5.41) is 19.7. The Kier molecular flexibility index (Phi) is 8.19. The van der Waals surface area contributed by atoms with Gasteiger partial charge in [-0.25, -0.2) is 4.79 Å². The zero-order valence-electron chi connectivity index (χ0n) is 18.2. The monoisotopic (exact) mass is 437 g/mol. The molecule has 3 rings (SSSR count). The molecule has 168 valence electrons. The summed E-state index contributed by atoms with van der Waals surface area (Å²) >= 11 is 6.02. The Labute approximate surface area is 185 Å². The Morgan fingerprint density at radius 1 is 1.37 bits per heavy atom. The fraction of sp³-hybridized carbons (Fsp3) is 0.708. The summed E-state index contributed by atoms with van der Waals surface area (Å²) in [4.78, 5) is 14.8. The highest BCUT2D eigenvalue weighted by atomic mass is 35.5. The lowest BCUT2D eigenvalue weighted by Gasteiger charge is -2.55. The normalized spacial score (nSPS) is 32.2. The van der Waals surface area contributed by atoms with Crippen molar-refractivity contribution in [2.45, 2.75) is 76.0 Å². The number of halogens is 1. The number of fused-ring (bicyclic) bond motifs is 2. The van der Waals surface area contributed by atoms with Crippen LogP contribution >= 0.6 is 11.6 Å². The van der Waals surface area contributed by atoms with E-state index in [0.717, 1.165) is 12.0 Å². The Morgan fingerprint density at radius 3 is 2.80 bits per heavy atom. The summed E-state index contributed by atoms with van der Waals surface area (Å²) in [7, 11) is 1.46. The number of hydrogen-bond donors (Lipinski definition) is 2. The van der Waals surface area contributed by atoms with Crippen LogP contribution in [0.2, 0.25) is 0 Å². The van der Waals surface area contributed by atoms with Gasteiger partial charge in [-0.05, 0) is 50.0 Å². The van der Waals surface area contributed by atoms with Crippen LogP contribution in [0.1, 0.15) is 58.3 Å². The van der Waals surface area contributed by atoms with Gasteiger partial charge in [0.15, 0.2) is 0 Å². The number of hydrogen-bond acceptors (Lipinski definition) is 5. The summed E-state index contributed by atoms with van der Waals surface area (Å²) < 4.78 is 5.00. The lowest BCUT2D eigenvalue weighted by atomic mass is 9.70. The minimum atomic E-state index is -0.744. The molecule has 5 atom stereocenters. The van der Waals surface area contributed by atoms with Crippen LogP contribution in [0.4, 0.5) is 0 Å². The largest absolute Gasteiger partial charge is 0.466 e. The predicted molar refractivity (Wildman–Crippen MR) is 119 cm³/mol. The van der Waals surface area contributed by atoms with E-state index in [2.05, 4.69) is 24.0 Å². The van der Waals surface area contributed by atoms with Crippen LogP contribution in [0.25, 0.3) is 0 Å². The number of carbonyl (C=O) groups excluding carboxylic acids is 1. The minimum Gasteiger partial charge on any atom is -0.466 e. The molecule has 2 N–H and O–H groups in total. The van der Waals surface area contributed by atoms with Gasteiger partial charge in [-0.3, -0.25) is 4.90 Å². The first-order valence-electron chi connectivity index (χ1n) is 11.3. The van der Waals surface area contributed by atoms with E-state index in [1.54, 1.807) is 6.08 Å². The van der Waals surface area contributed by atoms with Gasteiger partial charge in [0.05, 0.1) is 13.2 Å². The van der Waals surface area contributed by atoms with Gasteiger partial charge in [0.2, 0.25) is 0 Å². The van der Waals surface area contributed by atoms with E-state index in [4.69, 9.17) is 21.4 Å². The van der Waals surface area contributed by atoms with Gasteiger partial charge in [0.1, 0.15) is 0 Å². The highest BCUT2D eigenvalue weighted by Crippen LogP contribution is 2.52. The number of rotatable bonds is 7. The number of piperidine rings is 1. The number of esters is 1.